The van der Waals surface area contributed by atoms with Gasteiger partial charge in [0, 0.05) is 0 Å². The van der Waals surface area contributed by atoms with Crippen LogP contribution in [0.4, 0.5) is 4.39 Å². The molecule has 4 heteroatoms. The summed E-state index contributed by atoms with van der Waals surface area (Å²) < 4.78 is 19.2. The van der Waals surface area contributed by atoms with Crippen LogP contribution in [-0.4, -0.2) is 6.54 Å². The summed E-state index contributed by atoms with van der Waals surface area (Å²) in [6.07, 6.45) is 0.826. The fraction of sp³-hybridized carbons (Fsp3) is 0.200. The van der Waals surface area contributed by atoms with Gasteiger partial charge in [-0.1, -0.05) is 24.3 Å². The average molecular weight is 324 g/mol. The van der Waals surface area contributed by atoms with Crippen LogP contribution < -0.4 is 10.5 Å². The van der Waals surface area contributed by atoms with E-state index in [-0.39, 0.29) is 5.82 Å². The highest BCUT2D eigenvalue weighted by atomic mass is 79.9. The molecule has 0 aliphatic heterocycles. The van der Waals surface area contributed by atoms with Crippen LogP contribution in [0.5, 0.6) is 5.75 Å². The van der Waals surface area contributed by atoms with Crippen molar-refractivity contribution in [3.63, 3.8) is 0 Å². The lowest BCUT2D eigenvalue weighted by atomic mass is 10.1. The molecule has 2 nitrogen and oxygen atoms in total. The Morgan fingerprint density at radius 2 is 1.84 bits per heavy atom. The molecule has 100 valence electrons. The van der Waals surface area contributed by atoms with Gasteiger partial charge in [-0.2, -0.15) is 0 Å². The normalized spacial score (nSPS) is 10.5. The molecule has 0 heterocycles. The van der Waals surface area contributed by atoms with Crippen molar-refractivity contribution in [2.24, 2.45) is 5.73 Å². The largest absolute Gasteiger partial charge is 0.489 e. The lowest BCUT2D eigenvalue weighted by Gasteiger charge is -2.11. The molecule has 0 unspecified atom stereocenters. The molecule has 0 amide bonds. The second kappa shape index (κ2) is 6.68. The lowest BCUT2D eigenvalue weighted by Crippen LogP contribution is -2.07. The number of rotatable bonds is 5. The first-order valence-corrected chi connectivity index (χ1v) is 6.84. The summed E-state index contributed by atoms with van der Waals surface area (Å²) in [6.45, 7) is 1.06. The molecule has 0 saturated heterocycles. The van der Waals surface area contributed by atoms with Gasteiger partial charge >= 0.3 is 0 Å². The molecular weight excluding hydrogens is 309 g/mol. The molecule has 0 spiro atoms. The lowest BCUT2D eigenvalue weighted by molar-refractivity contribution is 0.304. The van der Waals surface area contributed by atoms with Crippen LogP contribution in [0.1, 0.15) is 11.1 Å². The van der Waals surface area contributed by atoms with Crippen molar-refractivity contribution in [3.8, 4) is 5.75 Å². The van der Waals surface area contributed by atoms with E-state index in [2.05, 4.69) is 15.9 Å². The van der Waals surface area contributed by atoms with Crippen LogP contribution in [0.15, 0.2) is 46.9 Å². The first-order chi connectivity index (χ1) is 9.20. The molecule has 0 aromatic heterocycles. The summed E-state index contributed by atoms with van der Waals surface area (Å²) >= 11 is 3.14. The maximum Gasteiger partial charge on any atom is 0.137 e. The minimum Gasteiger partial charge on any atom is -0.489 e. The third-order valence-corrected chi connectivity index (χ3v) is 3.43. The zero-order valence-electron chi connectivity index (χ0n) is 10.4. The molecule has 0 aliphatic carbocycles. The Morgan fingerprint density at radius 3 is 2.53 bits per heavy atom. The van der Waals surface area contributed by atoms with Crippen molar-refractivity contribution in [1.82, 2.24) is 0 Å². The van der Waals surface area contributed by atoms with Crippen molar-refractivity contribution >= 4 is 15.9 Å². The summed E-state index contributed by atoms with van der Waals surface area (Å²) in [5, 5.41) is 0. The van der Waals surface area contributed by atoms with E-state index in [1.807, 2.05) is 24.3 Å². The maximum atomic E-state index is 13.1. The third kappa shape index (κ3) is 3.78. The SMILES string of the molecule is NCCc1ccccc1COc1ccc(F)c(Br)c1. The Bertz CT molecular complexity index is 560. The summed E-state index contributed by atoms with van der Waals surface area (Å²) in [4.78, 5) is 0. The van der Waals surface area contributed by atoms with Crippen molar-refractivity contribution < 1.29 is 9.13 Å². The van der Waals surface area contributed by atoms with Crippen LogP contribution in [0.3, 0.4) is 0 Å². The topological polar surface area (TPSA) is 35.2 Å². The highest BCUT2D eigenvalue weighted by Crippen LogP contribution is 2.23. The van der Waals surface area contributed by atoms with E-state index in [1.54, 1.807) is 12.1 Å². The van der Waals surface area contributed by atoms with Crippen LogP contribution in [-0.2, 0) is 13.0 Å². The molecule has 0 saturated carbocycles. The average Bonchev–Trinajstić information content (AvgIpc) is 2.42. The van der Waals surface area contributed by atoms with Crippen LogP contribution in [0.25, 0.3) is 0 Å². The van der Waals surface area contributed by atoms with E-state index in [4.69, 9.17) is 10.5 Å². The molecule has 19 heavy (non-hydrogen) atoms. The van der Waals surface area contributed by atoms with Crippen molar-refractivity contribution in [3.05, 3.63) is 63.9 Å². The number of hydrogen-bond donors (Lipinski definition) is 1. The van der Waals surface area contributed by atoms with Gasteiger partial charge in [-0.3, -0.25) is 0 Å². The van der Waals surface area contributed by atoms with Gasteiger partial charge in [0.15, 0.2) is 0 Å². The molecule has 0 atom stereocenters. The predicted octanol–water partition coefficient (Wildman–Crippen LogP) is 3.67. The molecule has 2 N–H and O–H groups in total. The molecule has 2 rings (SSSR count). The monoisotopic (exact) mass is 323 g/mol. The molecule has 0 fully saturated rings. The molecule has 0 bridgehead atoms. The van der Waals surface area contributed by atoms with Crippen LogP contribution >= 0.6 is 15.9 Å². The number of hydrogen-bond acceptors (Lipinski definition) is 2. The number of benzene rings is 2. The first kappa shape index (κ1) is 14.0. The van der Waals surface area contributed by atoms with E-state index in [0.717, 1.165) is 12.0 Å². The number of halogens is 2. The van der Waals surface area contributed by atoms with Gasteiger partial charge in [0.25, 0.3) is 0 Å². The first-order valence-electron chi connectivity index (χ1n) is 6.05. The van der Waals surface area contributed by atoms with Gasteiger partial charge in [-0.25, -0.2) is 4.39 Å². The van der Waals surface area contributed by atoms with Crippen LogP contribution in [0, 0.1) is 5.82 Å². The molecule has 0 radical (unpaired) electrons. The second-order valence-electron chi connectivity index (χ2n) is 4.17. The minimum atomic E-state index is -0.295. The standard InChI is InChI=1S/C15H15BrFNO/c16-14-9-13(5-6-15(14)17)19-10-12-4-2-1-3-11(12)7-8-18/h1-6,9H,7-8,10,18H2. The van der Waals surface area contributed by atoms with Gasteiger partial charge in [0.1, 0.15) is 18.2 Å². The summed E-state index contributed by atoms with van der Waals surface area (Å²) in [6, 6.07) is 12.6. The second-order valence-corrected chi connectivity index (χ2v) is 5.03. The molecular formula is C15H15BrFNO. The zero-order chi connectivity index (χ0) is 13.7. The predicted molar refractivity (Wildman–Crippen MR) is 77.6 cm³/mol. The Balaban J connectivity index is 2.07. The summed E-state index contributed by atoms with van der Waals surface area (Å²) in [5.74, 6) is 0.340. The number of nitrogens with two attached hydrogens (primary N) is 1. The zero-order valence-corrected chi connectivity index (χ0v) is 12.0. The van der Waals surface area contributed by atoms with Gasteiger partial charge in [0.05, 0.1) is 4.47 Å². The van der Waals surface area contributed by atoms with E-state index in [9.17, 15) is 4.39 Å². The Hall–Kier alpha value is -1.39. The summed E-state index contributed by atoms with van der Waals surface area (Å²) in [7, 11) is 0. The molecule has 2 aromatic rings. The van der Waals surface area contributed by atoms with Gasteiger partial charge in [-0.15, -0.1) is 0 Å². The Morgan fingerprint density at radius 1 is 1.11 bits per heavy atom. The summed E-state index contributed by atoms with van der Waals surface area (Å²) in [5.41, 5.74) is 7.88. The fourth-order valence-corrected chi connectivity index (χ4v) is 2.18. The van der Waals surface area contributed by atoms with Gasteiger partial charge in [-0.05, 0) is 58.2 Å². The smallest absolute Gasteiger partial charge is 0.137 e. The van der Waals surface area contributed by atoms with E-state index in [1.165, 1.54) is 11.6 Å². The van der Waals surface area contributed by atoms with Gasteiger partial charge in [0.2, 0.25) is 0 Å². The van der Waals surface area contributed by atoms with Gasteiger partial charge < -0.3 is 10.5 Å². The third-order valence-electron chi connectivity index (χ3n) is 2.82. The maximum absolute atomic E-state index is 13.1. The molecule has 2 aromatic carbocycles. The van der Waals surface area contributed by atoms with Crippen LogP contribution in [0.2, 0.25) is 0 Å². The highest BCUT2D eigenvalue weighted by molar-refractivity contribution is 9.10. The number of ether oxygens (including phenoxy) is 1. The van der Waals surface area contributed by atoms with E-state index in [0.29, 0.717) is 23.4 Å². The van der Waals surface area contributed by atoms with Crippen molar-refractivity contribution in [1.29, 1.82) is 0 Å². The van der Waals surface area contributed by atoms with E-state index < -0.39 is 0 Å². The Kier molecular flexibility index (Phi) is 4.93. The molecule has 0 aliphatic rings. The fourth-order valence-electron chi connectivity index (χ4n) is 1.83. The van der Waals surface area contributed by atoms with E-state index >= 15 is 0 Å². The van der Waals surface area contributed by atoms with Crippen molar-refractivity contribution in [2.75, 3.05) is 6.54 Å². The highest BCUT2D eigenvalue weighted by Gasteiger charge is 2.04. The minimum absolute atomic E-state index is 0.295. The van der Waals surface area contributed by atoms with Crippen molar-refractivity contribution in [2.45, 2.75) is 13.0 Å². The Labute approximate surface area is 120 Å². The quantitative estimate of drug-likeness (QED) is 0.911.